The number of nitrogens with zero attached hydrogens (tertiary/aromatic N) is 2. The van der Waals surface area contributed by atoms with Gasteiger partial charge in [-0.05, 0) is 56.7 Å². The topological polar surface area (TPSA) is 145 Å². The molecule has 2 atom stereocenters. The van der Waals surface area contributed by atoms with Crippen LogP contribution < -0.4 is 10.0 Å². The molecule has 3 N–H and O–H groups in total. The molecule has 2 aliphatic heterocycles. The van der Waals surface area contributed by atoms with Gasteiger partial charge in [0.2, 0.25) is 10.0 Å². The molecule has 5 rings (SSSR count). The van der Waals surface area contributed by atoms with Gasteiger partial charge < -0.3 is 15.3 Å². The van der Waals surface area contributed by atoms with Gasteiger partial charge in [-0.1, -0.05) is 25.7 Å². The van der Waals surface area contributed by atoms with Crippen LogP contribution in [0.1, 0.15) is 58.3 Å². The van der Waals surface area contributed by atoms with Crippen molar-refractivity contribution in [3.8, 4) is 0 Å². The van der Waals surface area contributed by atoms with E-state index in [1.807, 2.05) is 11.8 Å². The highest BCUT2D eigenvalue weighted by molar-refractivity contribution is 7.92. The summed E-state index contributed by atoms with van der Waals surface area (Å²) in [6.07, 6.45) is 8.86. The Morgan fingerprint density at radius 1 is 1.11 bits per heavy atom. The molecule has 2 heterocycles. The van der Waals surface area contributed by atoms with E-state index in [1.165, 1.54) is 18.2 Å². The number of rotatable bonds is 5. The van der Waals surface area contributed by atoms with Crippen LogP contribution >= 0.6 is 0 Å². The Morgan fingerprint density at radius 2 is 1.75 bits per heavy atom. The quantitative estimate of drug-likeness (QED) is 0.523. The third-order valence-electron chi connectivity index (χ3n) is 7.87. The van der Waals surface area contributed by atoms with Crippen LogP contribution in [0.15, 0.2) is 38.8 Å². The van der Waals surface area contributed by atoms with Gasteiger partial charge in [-0.15, -0.1) is 4.40 Å². The summed E-state index contributed by atoms with van der Waals surface area (Å²) in [4.78, 5) is 15.5. The molecule has 0 spiro atoms. The second-order valence-electron chi connectivity index (χ2n) is 10.3. The van der Waals surface area contributed by atoms with E-state index in [-0.39, 0.29) is 57.4 Å². The lowest BCUT2D eigenvalue weighted by Gasteiger charge is -2.45. The summed E-state index contributed by atoms with van der Waals surface area (Å²) in [7, 11) is -7.89. The van der Waals surface area contributed by atoms with Crippen molar-refractivity contribution in [2.24, 2.45) is 16.2 Å². The molecule has 1 unspecified atom stereocenters. The average Bonchev–Trinajstić information content (AvgIpc) is 3.48. The predicted octanol–water partition coefficient (Wildman–Crippen LogP) is 3.36. The molecule has 0 radical (unpaired) electrons. The summed E-state index contributed by atoms with van der Waals surface area (Å²) in [5.74, 6) is -0.748. The lowest BCUT2D eigenvalue weighted by Crippen LogP contribution is -2.55. The van der Waals surface area contributed by atoms with Crippen molar-refractivity contribution in [1.82, 2.24) is 4.90 Å². The molecule has 0 bridgehead atoms. The van der Waals surface area contributed by atoms with E-state index in [1.54, 1.807) is 0 Å². The summed E-state index contributed by atoms with van der Waals surface area (Å²) < 4.78 is 55.7. The molecule has 10 nitrogen and oxygen atoms in total. The number of aliphatic hydroxyl groups excluding tert-OH is 1. The summed E-state index contributed by atoms with van der Waals surface area (Å²) in [6, 6.07) is 3.90. The van der Waals surface area contributed by atoms with E-state index in [0.29, 0.717) is 0 Å². The number of sulfonamides is 2. The van der Waals surface area contributed by atoms with Crippen LogP contribution in [0.4, 0.5) is 11.4 Å². The Morgan fingerprint density at radius 3 is 2.39 bits per heavy atom. The molecule has 1 aromatic rings. The molecular formula is C24H32N4O6S2. The minimum absolute atomic E-state index is 0.0530. The maximum atomic E-state index is 13.8. The van der Waals surface area contributed by atoms with Gasteiger partial charge in [0.05, 0.1) is 11.9 Å². The monoisotopic (exact) mass is 536 g/mol. The summed E-state index contributed by atoms with van der Waals surface area (Å²) >= 11 is 0. The molecule has 2 saturated carbocycles. The first-order chi connectivity index (χ1) is 17.0. The minimum atomic E-state index is -4.28. The zero-order chi connectivity index (χ0) is 25.8. The highest BCUT2D eigenvalue weighted by atomic mass is 32.2. The van der Waals surface area contributed by atoms with Crippen LogP contribution in [0.3, 0.4) is 0 Å². The van der Waals surface area contributed by atoms with Crippen molar-refractivity contribution in [3.63, 3.8) is 0 Å². The lowest BCUT2D eigenvalue weighted by molar-refractivity contribution is -0.135. The minimum Gasteiger partial charge on any atom is -0.511 e. The first kappa shape index (κ1) is 25.1. The number of fused-ring (bicyclic) bond motifs is 1. The normalized spacial score (nSPS) is 27.1. The molecule has 12 heteroatoms. The fraction of sp³-hybridized carbons (Fsp3) is 0.583. The average molecular weight is 537 g/mol. The number of hydrogen-bond acceptors (Lipinski definition) is 7. The predicted molar refractivity (Wildman–Crippen MR) is 137 cm³/mol. The Bertz CT molecular complexity index is 1360. The number of amides is 1. The molecule has 196 valence electrons. The van der Waals surface area contributed by atoms with Crippen molar-refractivity contribution in [1.29, 1.82) is 0 Å². The van der Waals surface area contributed by atoms with E-state index in [0.717, 1.165) is 57.6 Å². The number of amidine groups is 1. The molecule has 1 amide bonds. The van der Waals surface area contributed by atoms with Crippen LogP contribution in [-0.4, -0.2) is 56.9 Å². The highest BCUT2D eigenvalue weighted by Gasteiger charge is 2.48. The third kappa shape index (κ3) is 4.49. The lowest BCUT2D eigenvalue weighted by atomic mass is 9.78. The van der Waals surface area contributed by atoms with Gasteiger partial charge >= 0.3 is 0 Å². The number of aliphatic hydroxyl groups is 1. The molecule has 2 aliphatic carbocycles. The molecule has 4 aliphatic rings. The van der Waals surface area contributed by atoms with Crippen molar-refractivity contribution in [2.75, 3.05) is 16.3 Å². The number of hydrogen-bond donors (Lipinski definition) is 3. The number of carbonyl (C=O) groups is 1. The number of anilines is 2. The first-order valence-corrected chi connectivity index (χ1v) is 15.8. The Hall–Kier alpha value is -2.60. The first-order valence-electron chi connectivity index (χ1n) is 12.5. The van der Waals surface area contributed by atoms with E-state index >= 15 is 0 Å². The maximum absolute atomic E-state index is 13.8. The molecular weight excluding hydrogens is 504 g/mol. The summed E-state index contributed by atoms with van der Waals surface area (Å²) in [5.41, 5.74) is 0.165. The molecule has 36 heavy (non-hydrogen) atoms. The van der Waals surface area contributed by atoms with Crippen molar-refractivity contribution < 1.29 is 26.7 Å². The fourth-order valence-electron chi connectivity index (χ4n) is 6.37. The van der Waals surface area contributed by atoms with Crippen molar-refractivity contribution in [3.05, 3.63) is 29.5 Å². The van der Waals surface area contributed by atoms with Crippen LogP contribution in [0.25, 0.3) is 0 Å². The van der Waals surface area contributed by atoms with Crippen molar-refractivity contribution >= 4 is 43.2 Å². The Balaban J connectivity index is 1.58. The van der Waals surface area contributed by atoms with Crippen LogP contribution in [0, 0.1) is 11.8 Å². The number of nitrogens with one attached hydrogen (secondary N) is 2. The molecule has 2 fully saturated rings. The third-order valence-corrected chi connectivity index (χ3v) is 9.79. The molecule has 1 aromatic carbocycles. The number of carbonyl (C=O) groups excluding carboxylic acids is 1. The summed E-state index contributed by atoms with van der Waals surface area (Å²) in [6.45, 7) is 1.99. The Labute approximate surface area is 212 Å². The van der Waals surface area contributed by atoms with Crippen LogP contribution in [-0.2, 0) is 24.8 Å². The van der Waals surface area contributed by atoms with Gasteiger partial charge in [-0.25, -0.2) is 8.42 Å². The van der Waals surface area contributed by atoms with E-state index < -0.39 is 26.0 Å². The smallest absolute Gasteiger partial charge is 0.286 e. The Kier molecular flexibility index (Phi) is 6.30. The maximum Gasteiger partial charge on any atom is 0.286 e. The zero-order valence-corrected chi connectivity index (χ0v) is 22.0. The van der Waals surface area contributed by atoms with Gasteiger partial charge in [0.1, 0.15) is 16.2 Å². The SMILES string of the molecule is C[C@H]1C(C2CCCC2)C(O)=C(C2=NS(=O)(=O)c3cc(NS(C)(=O)=O)ccc3N2)C(=O)N1C1CCCC1. The standard InChI is InChI=1S/C24H32N4O6S2/c1-14-20(15-7-3-4-8-15)22(29)21(24(30)28(14)17-9-5-6-10-17)23-25-18-12-11-16(26-35(2,31)32)13-19(18)36(33,34)27-23/h11-15,17,20,26,29H,3-10H2,1-2H3,(H,25,27)/t14-,20?/m0/s1. The highest BCUT2D eigenvalue weighted by Crippen LogP contribution is 2.44. The van der Waals surface area contributed by atoms with Gasteiger partial charge in [0.25, 0.3) is 15.9 Å². The largest absolute Gasteiger partial charge is 0.511 e. The van der Waals surface area contributed by atoms with Gasteiger partial charge in [-0.2, -0.15) is 8.42 Å². The second-order valence-corrected chi connectivity index (χ2v) is 13.7. The van der Waals surface area contributed by atoms with E-state index in [9.17, 15) is 26.7 Å². The molecule has 0 saturated heterocycles. The summed E-state index contributed by atoms with van der Waals surface area (Å²) in [5, 5.41) is 14.4. The van der Waals surface area contributed by atoms with Gasteiger partial charge in [0, 0.05) is 23.7 Å². The van der Waals surface area contributed by atoms with E-state index in [2.05, 4.69) is 14.4 Å². The van der Waals surface area contributed by atoms with E-state index in [4.69, 9.17) is 0 Å². The number of benzene rings is 1. The van der Waals surface area contributed by atoms with Gasteiger partial charge in [-0.3, -0.25) is 9.52 Å². The molecule has 0 aromatic heterocycles. The van der Waals surface area contributed by atoms with Crippen molar-refractivity contribution in [2.45, 2.75) is 75.3 Å². The second kappa shape index (κ2) is 9.05. The van der Waals surface area contributed by atoms with Crippen LogP contribution in [0.5, 0.6) is 0 Å². The van der Waals surface area contributed by atoms with Crippen LogP contribution in [0.2, 0.25) is 0 Å². The zero-order valence-electron chi connectivity index (χ0n) is 20.4. The van der Waals surface area contributed by atoms with Gasteiger partial charge in [0.15, 0.2) is 5.84 Å². The fourth-order valence-corrected chi connectivity index (χ4v) is 8.08.